The van der Waals surface area contributed by atoms with E-state index in [0.717, 1.165) is 17.8 Å². The molecule has 0 aromatic heterocycles. The van der Waals surface area contributed by atoms with E-state index in [1.54, 1.807) is 14.0 Å². The first kappa shape index (κ1) is 25.0. The number of guanidine groups is 1. The van der Waals surface area contributed by atoms with Gasteiger partial charge in [0.25, 0.3) is 5.91 Å². The van der Waals surface area contributed by atoms with Gasteiger partial charge in [0, 0.05) is 26.2 Å². The number of nitrogens with one attached hydrogen (secondary N) is 3. The molecule has 0 aromatic rings. The number of amides is 3. The molecule has 2 rings (SSSR count). The second kappa shape index (κ2) is 11.2. The molecule has 7 nitrogen and oxygen atoms in total. The number of carbonyl (C=O) groups is 2. The van der Waals surface area contributed by atoms with E-state index < -0.39 is 5.54 Å². The predicted octanol–water partition coefficient (Wildman–Crippen LogP) is 3.09. The standard InChI is InChI=1S/C20H37N5O2.HI/c1-6-20(4)17(26)25(19(27)24-20)13-7-12-22-18(21-5)23-16-10-8-15(9-11-16)14(2)3;/h14-16H,6-13H2,1-5H3,(H,24,27)(H2,21,22,23);1H. The lowest BCUT2D eigenvalue weighted by atomic mass is 9.80. The summed E-state index contributed by atoms with van der Waals surface area (Å²) in [5.74, 6) is 2.29. The van der Waals surface area contributed by atoms with Crippen molar-refractivity contribution in [3.8, 4) is 0 Å². The zero-order valence-electron chi connectivity index (χ0n) is 18.0. The Morgan fingerprint density at radius 2 is 1.93 bits per heavy atom. The minimum absolute atomic E-state index is 0. The monoisotopic (exact) mass is 507 g/mol. The Morgan fingerprint density at radius 3 is 2.43 bits per heavy atom. The molecule has 1 saturated heterocycles. The first-order chi connectivity index (χ1) is 12.8. The number of carbonyl (C=O) groups excluding carboxylic acids is 2. The molecule has 0 spiro atoms. The van der Waals surface area contributed by atoms with Crippen molar-refractivity contribution < 1.29 is 9.59 Å². The average Bonchev–Trinajstić information content (AvgIpc) is 2.87. The van der Waals surface area contributed by atoms with Crippen LogP contribution in [-0.2, 0) is 4.79 Å². The summed E-state index contributed by atoms with van der Waals surface area (Å²) in [5.41, 5.74) is -0.753. The highest BCUT2D eigenvalue weighted by Gasteiger charge is 2.45. The van der Waals surface area contributed by atoms with Crippen LogP contribution in [0.25, 0.3) is 0 Å². The molecule has 1 saturated carbocycles. The molecule has 1 unspecified atom stereocenters. The molecule has 1 atom stereocenters. The minimum atomic E-state index is -0.753. The predicted molar refractivity (Wildman–Crippen MR) is 124 cm³/mol. The Balaban J connectivity index is 0.00000392. The van der Waals surface area contributed by atoms with E-state index in [-0.39, 0.29) is 35.9 Å². The molecular formula is C20H38IN5O2. The van der Waals surface area contributed by atoms with Gasteiger partial charge in [-0.05, 0) is 57.3 Å². The van der Waals surface area contributed by atoms with Crippen molar-refractivity contribution >= 4 is 41.9 Å². The normalized spacial score (nSPS) is 28.2. The molecular weight excluding hydrogens is 469 g/mol. The van der Waals surface area contributed by atoms with Crippen molar-refractivity contribution in [2.24, 2.45) is 16.8 Å². The quantitative estimate of drug-likeness (QED) is 0.163. The van der Waals surface area contributed by atoms with Crippen molar-refractivity contribution in [1.82, 2.24) is 20.9 Å². The number of halogens is 1. The maximum absolute atomic E-state index is 12.4. The highest BCUT2D eigenvalue weighted by atomic mass is 127. The number of urea groups is 1. The molecule has 28 heavy (non-hydrogen) atoms. The van der Waals surface area contributed by atoms with Gasteiger partial charge in [0.1, 0.15) is 5.54 Å². The Hall–Kier alpha value is -1.06. The van der Waals surface area contributed by atoms with Crippen LogP contribution < -0.4 is 16.0 Å². The Kier molecular flexibility index (Phi) is 10.00. The Morgan fingerprint density at radius 1 is 1.29 bits per heavy atom. The molecule has 0 aromatic carbocycles. The highest BCUT2D eigenvalue weighted by Crippen LogP contribution is 2.29. The molecule has 162 valence electrons. The summed E-state index contributed by atoms with van der Waals surface area (Å²) in [6.07, 6.45) is 6.20. The molecule has 3 amide bonds. The van der Waals surface area contributed by atoms with Gasteiger partial charge in [-0.25, -0.2) is 4.79 Å². The van der Waals surface area contributed by atoms with Crippen LogP contribution in [0.3, 0.4) is 0 Å². The molecule has 2 aliphatic rings. The van der Waals surface area contributed by atoms with Gasteiger partial charge in [0.2, 0.25) is 0 Å². The molecule has 0 radical (unpaired) electrons. The van der Waals surface area contributed by atoms with Gasteiger partial charge in [-0.1, -0.05) is 20.8 Å². The van der Waals surface area contributed by atoms with Crippen LogP contribution in [0.15, 0.2) is 4.99 Å². The van der Waals surface area contributed by atoms with Gasteiger partial charge in [-0.2, -0.15) is 0 Å². The second-order valence-corrected chi connectivity index (χ2v) is 8.43. The summed E-state index contributed by atoms with van der Waals surface area (Å²) >= 11 is 0. The van der Waals surface area contributed by atoms with E-state index in [2.05, 4.69) is 34.8 Å². The highest BCUT2D eigenvalue weighted by molar-refractivity contribution is 14.0. The molecule has 1 heterocycles. The first-order valence-corrected chi connectivity index (χ1v) is 10.4. The third-order valence-corrected chi connectivity index (χ3v) is 6.18. The van der Waals surface area contributed by atoms with Gasteiger partial charge in [-0.3, -0.25) is 14.7 Å². The largest absolute Gasteiger partial charge is 0.356 e. The summed E-state index contributed by atoms with van der Waals surface area (Å²) in [5, 5.41) is 9.61. The number of rotatable bonds is 7. The number of nitrogens with zero attached hydrogens (tertiary/aromatic N) is 2. The molecule has 3 N–H and O–H groups in total. The van der Waals surface area contributed by atoms with Gasteiger partial charge in [0.15, 0.2) is 5.96 Å². The SMILES string of the molecule is CCC1(C)NC(=O)N(CCCNC(=NC)NC2CCC(C(C)C)CC2)C1=O.I. The third-order valence-electron chi connectivity index (χ3n) is 6.18. The molecule has 1 aliphatic heterocycles. The summed E-state index contributed by atoms with van der Waals surface area (Å²) in [7, 11) is 1.78. The minimum Gasteiger partial charge on any atom is -0.356 e. The lowest BCUT2D eigenvalue weighted by Gasteiger charge is -2.32. The van der Waals surface area contributed by atoms with Gasteiger partial charge in [0.05, 0.1) is 0 Å². The van der Waals surface area contributed by atoms with Crippen LogP contribution in [0.1, 0.15) is 66.2 Å². The van der Waals surface area contributed by atoms with Crippen molar-refractivity contribution in [3.05, 3.63) is 0 Å². The summed E-state index contributed by atoms with van der Waals surface area (Å²) < 4.78 is 0. The fourth-order valence-electron chi connectivity index (χ4n) is 3.95. The molecule has 8 heteroatoms. The Bertz CT molecular complexity index is 561. The summed E-state index contributed by atoms with van der Waals surface area (Å²) in [4.78, 5) is 30.0. The van der Waals surface area contributed by atoms with E-state index in [0.29, 0.717) is 32.0 Å². The molecule has 1 aliphatic carbocycles. The maximum atomic E-state index is 12.4. The number of imide groups is 1. The van der Waals surface area contributed by atoms with Crippen LogP contribution in [0.5, 0.6) is 0 Å². The third kappa shape index (κ3) is 6.22. The number of aliphatic imine (C=N–C) groups is 1. The fraction of sp³-hybridized carbons (Fsp3) is 0.850. The molecule has 0 bridgehead atoms. The molecule has 2 fully saturated rings. The number of hydrogen-bond acceptors (Lipinski definition) is 3. The van der Waals surface area contributed by atoms with Crippen LogP contribution in [-0.4, -0.2) is 54.5 Å². The van der Waals surface area contributed by atoms with Crippen molar-refractivity contribution in [3.63, 3.8) is 0 Å². The van der Waals surface area contributed by atoms with E-state index >= 15 is 0 Å². The van der Waals surface area contributed by atoms with E-state index in [1.807, 2.05) is 6.92 Å². The van der Waals surface area contributed by atoms with Crippen molar-refractivity contribution in [2.75, 3.05) is 20.1 Å². The van der Waals surface area contributed by atoms with Gasteiger partial charge in [-0.15, -0.1) is 24.0 Å². The maximum Gasteiger partial charge on any atom is 0.325 e. The second-order valence-electron chi connectivity index (χ2n) is 8.43. The van der Waals surface area contributed by atoms with Crippen LogP contribution in [0.2, 0.25) is 0 Å². The summed E-state index contributed by atoms with van der Waals surface area (Å²) in [6.45, 7) is 9.41. The summed E-state index contributed by atoms with van der Waals surface area (Å²) in [6, 6.07) is 0.191. The van der Waals surface area contributed by atoms with Crippen LogP contribution in [0.4, 0.5) is 4.79 Å². The van der Waals surface area contributed by atoms with Crippen LogP contribution in [0, 0.1) is 11.8 Å². The van der Waals surface area contributed by atoms with Crippen molar-refractivity contribution in [2.45, 2.75) is 77.8 Å². The fourth-order valence-corrected chi connectivity index (χ4v) is 3.95. The van der Waals surface area contributed by atoms with Gasteiger partial charge >= 0.3 is 6.03 Å². The Labute approximate surface area is 186 Å². The first-order valence-electron chi connectivity index (χ1n) is 10.4. The number of hydrogen-bond donors (Lipinski definition) is 3. The van der Waals surface area contributed by atoms with E-state index in [9.17, 15) is 9.59 Å². The lowest BCUT2D eigenvalue weighted by molar-refractivity contribution is -0.130. The average molecular weight is 507 g/mol. The zero-order chi connectivity index (χ0) is 20.0. The smallest absolute Gasteiger partial charge is 0.325 e. The van der Waals surface area contributed by atoms with E-state index in [1.165, 1.54) is 30.6 Å². The van der Waals surface area contributed by atoms with Crippen molar-refractivity contribution in [1.29, 1.82) is 0 Å². The van der Waals surface area contributed by atoms with Crippen LogP contribution >= 0.6 is 24.0 Å². The lowest BCUT2D eigenvalue weighted by Crippen LogP contribution is -2.46. The zero-order valence-corrected chi connectivity index (χ0v) is 20.3. The topological polar surface area (TPSA) is 85.8 Å². The van der Waals surface area contributed by atoms with E-state index in [4.69, 9.17) is 0 Å². The van der Waals surface area contributed by atoms with Gasteiger partial charge < -0.3 is 16.0 Å².